The molecule has 22 heavy (non-hydrogen) atoms. The number of rotatable bonds is 4. The summed E-state index contributed by atoms with van der Waals surface area (Å²) >= 11 is 0. The number of hydrogen-bond donors (Lipinski definition) is 1. The van der Waals surface area contributed by atoms with Gasteiger partial charge >= 0.3 is 0 Å². The van der Waals surface area contributed by atoms with Crippen molar-refractivity contribution in [3.05, 3.63) is 35.1 Å². The van der Waals surface area contributed by atoms with Crippen LogP contribution in [-0.2, 0) is 0 Å². The summed E-state index contributed by atoms with van der Waals surface area (Å²) in [5, 5.41) is 9.45. The number of carbonyl (C=O) groups excluding carboxylic acids is 1. The number of nitrogens with zero attached hydrogens (tertiary/aromatic N) is 2. The Morgan fingerprint density at radius 1 is 1.45 bits per heavy atom. The van der Waals surface area contributed by atoms with Crippen molar-refractivity contribution in [1.82, 2.24) is 9.80 Å². The molecule has 1 saturated heterocycles. The molecule has 1 aromatic carbocycles. The summed E-state index contributed by atoms with van der Waals surface area (Å²) in [6.07, 6.45) is 1.34. The van der Waals surface area contributed by atoms with Gasteiger partial charge in [0.1, 0.15) is 5.82 Å². The molecule has 5 heteroatoms. The Balaban J connectivity index is 1.96. The maximum absolute atomic E-state index is 13.8. The van der Waals surface area contributed by atoms with Gasteiger partial charge in [-0.05, 0) is 45.9 Å². The van der Waals surface area contributed by atoms with Crippen molar-refractivity contribution in [2.24, 2.45) is 0 Å². The molecule has 1 aromatic rings. The highest BCUT2D eigenvalue weighted by molar-refractivity contribution is 5.94. The molecule has 0 aliphatic carbocycles. The highest BCUT2D eigenvalue weighted by Crippen LogP contribution is 2.19. The van der Waals surface area contributed by atoms with E-state index < -0.39 is 5.82 Å². The number of hydrogen-bond acceptors (Lipinski definition) is 3. The van der Waals surface area contributed by atoms with Gasteiger partial charge in [-0.25, -0.2) is 4.39 Å². The molecule has 0 saturated carbocycles. The van der Waals surface area contributed by atoms with Crippen LogP contribution in [0.4, 0.5) is 4.39 Å². The van der Waals surface area contributed by atoms with E-state index in [0.29, 0.717) is 25.7 Å². The highest BCUT2D eigenvalue weighted by atomic mass is 19.1. The predicted molar refractivity (Wildman–Crippen MR) is 84.4 cm³/mol. The topological polar surface area (TPSA) is 43.8 Å². The summed E-state index contributed by atoms with van der Waals surface area (Å²) in [6, 6.07) is 5.00. The zero-order valence-corrected chi connectivity index (χ0v) is 13.6. The largest absolute Gasteiger partial charge is 0.392 e. The van der Waals surface area contributed by atoms with E-state index >= 15 is 0 Å². The van der Waals surface area contributed by atoms with Gasteiger partial charge in [-0.1, -0.05) is 11.6 Å². The molecule has 0 bridgehead atoms. The fourth-order valence-electron chi connectivity index (χ4n) is 3.05. The van der Waals surface area contributed by atoms with E-state index in [1.807, 2.05) is 14.0 Å². The number of aryl methyl sites for hydroxylation is 1. The van der Waals surface area contributed by atoms with Gasteiger partial charge in [0.2, 0.25) is 0 Å². The average Bonchev–Trinajstić information content (AvgIpc) is 2.48. The minimum absolute atomic E-state index is 0.163. The van der Waals surface area contributed by atoms with Gasteiger partial charge in [0, 0.05) is 25.7 Å². The lowest BCUT2D eigenvalue weighted by atomic mass is 10.0. The first-order chi connectivity index (χ1) is 10.4. The third kappa shape index (κ3) is 4.05. The Morgan fingerprint density at radius 3 is 2.68 bits per heavy atom. The highest BCUT2D eigenvalue weighted by Gasteiger charge is 2.27. The van der Waals surface area contributed by atoms with E-state index in [0.717, 1.165) is 18.4 Å². The van der Waals surface area contributed by atoms with E-state index in [-0.39, 0.29) is 17.6 Å². The number of amides is 1. The molecule has 1 atom stereocenters. The Hall–Kier alpha value is -1.46. The smallest absolute Gasteiger partial charge is 0.256 e. The van der Waals surface area contributed by atoms with Crippen molar-refractivity contribution < 1.29 is 14.3 Å². The third-order valence-electron chi connectivity index (χ3n) is 4.28. The Labute approximate surface area is 131 Å². The molecule has 0 radical (unpaired) electrons. The quantitative estimate of drug-likeness (QED) is 0.926. The van der Waals surface area contributed by atoms with Crippen LogP contribution in [0.2, 0.25) is 0 Å². The molecule has 2 rings (SSSR count). The number of likely N-dealkylation sites (N-methyl/N-ethyl adjacent to an activating group) is 1. The summed E-state index contributed by atoms with van der Waals surface area (Å²) in [4.78, 5) is 16.3. The zero-order valence-electron chi connectivity index (χ0n) is 13.6. The first-order valence-electron chi connectivity index (χ1n) is 7.82. The van der Waals surface area contributed by atoms with Gasteiger partial charge in [0.25, 0.3) is 5.91 Å². The van der Waals surface area contributed by atoms with Crippen LogP contribution in [-0.4, -0.2) is 59.6 Å². The maximum Gasteiger partial charge on any atom is 0.256 e. The molecule has 1 unspecified atom stereocenters. The van der Waals surface area contributed by atoms with E-state index in [2.05, 4.69) is 4.90 Å². The van der Waals surface area contributed by atoms with Crippen LogP contribution in [0, 0.1) is 12.7 Å². The van der Waals surface area contributed by atoms with Crippen LogP contribution >= 0.6 is 0 Å². The summed E-state index contributed by atoms with van der Waals surface area (Å²) in [6.45, 7) is 5.51. The first-order valence-corrected chi connectivity index (χ1v) is 7.82. The summed E-state index contributed by atoms with van der Waals surface area (Å²) in [5.41, 5.74) is 1.05. The molecule has 1 amide bonds. The van der Waals surface area contributed by atoms with Crippen molar-refractivity contribution >= 4 is 5.91 Å². The maximum atomic E-state index is 13.8. The van der Waals surface area contributed by atoms with Gasteiger partial charge in [0.05, 0.1) is 11.7 Å². The Bertz CT molecular complexity index is 525. The van der Waals surface area contributed by atoms with Crippen molar-refractivity contribution in [2.45, 2.75) is 38.8 Å². The van der Waals surface area contributed by atoms with Gasteiger partial charge in [-0.2, -0.15) is 0 Å². The minimum atomic E-state index is -0.455. The lowest BCUT2D eigenvalue weighted by Gasteiger charge is -2.37. The van der Waals surface area contributed by atoms with Crippen molar-refractivity contribution in [2.75, 3.05) is 26.7 Å². The van der Waals surface area contributed by atoms with Crippen molar-refractivity contribution in [1.29, 1.82) is 0 Å². The van der Waals surface area contributed by atoms with Crippen LogP contribution in [0.3, 0.4) is 0 Å². The van der Waals surface area contributed by atoms with Gasteiger partial charge in [-0.3, -0.25) is 4.79 Å². The molecule has 122 valence electrons. The standard InChI is InChI=1S/C17H25FN2O2/c1-12-4-5-16(18)15(10-12)17(22)20-8-6-14(7-9-20)19(3)11-13(2)21/h4-5,10,13-14,21H,6-9,11H2,1-3H3. The number of aliphatic hydroxyl groups is 1. The van der Waals surface area contributed by atoms with Crippen LogP contribution in [0.25, 0.3) is 0 Å². The fraction of sp³-hybridized carbons (Fsp3) is 0.588. The normalized spacial score (nSPS) is 17.8. The number of halogens is 1. The minimum Gasteiger partial charge on any atom is -0.392 e. The second-order valence-corrected chi connectivity index (χ2v) is 6.30. The number of aliphatic hydroxyl groups excluding tert-OH is 1. The van der Waals surface area contributed by atoms with Crippen molar-refractivity contribution in [3.63, 3.8) is 0 Å². The van der Waals surface area contributed by atoms with Crippen LogP contribution in [0.1, 0.15) is 35.7 Å². The molecule has 1 fully saturated rings. The second-order valence-electron chi connectivity index (χ2n) is 6.30. The number of likely N-dealkylation sites (tertiary alicyclic amines) is 1. The van der Waals surface area contributed by atoms with Crippen LogP contribution in [0.15, 0.2) is 18.2 Å². The molecule has 0 aromatic heterocycles. The molecule has 1 aliphatic heterocycles. The lowest BCUT2D eigenvalue weighted by molar-refractivity contribution is 0.0573. The number of benzene rings is 1. The van der Waals surface area contributed by atoms with Crippen molar-refractivity contribution in [3.8, 4) is 0 Å². The Kier molecular flexibility index (Phi) is 5.53. The van der Waals surface area contributed by atoms with Gasteiger partial charge < -0.3 is 14.9 Å². The predicted octanol–water partition coefficient (Wildman–Crippen LogP) is 2.05. The van der Waals surface area contributed by atoms with Crippen LogP contribution < -0.4 is 0 Å². The second kappa shape index (κ2) is 7.20. The average molecular weight is 308 g/mol. The van der Waals surface area contributed by atoms with E-state index in [4.69, 9.17) is 0 Å². The molecular formula is C17H25FN2O2. The summed E-state index contributed by atoms with van der Waals surface area (Å²) in [5.74, 6) is -0.679. The van der Waals surface area contributed by atoms with E-state index in [1.54, 1.807) is 24.0 Å². The first kappa shape index (κ1) is 16.9. The van der Waals surface area contributed by atoms with E-state index in [1.165, 1.54) is 6.07 Å². The van der Waals surface area contributed by atoms with Gasteiger partial charge in [-0.15, -0.1) is 0 Å². The Morgan fingerprint density at radius 2 is 2.09 bits per heavy atom. The summed E-state index contributed by atoms with van der Waals surface area (Å²) in [7, 11) is 2.00. The van der Waals surface area contributed by atoms with Crippen LogP contribution in [0.5, 0.6) is 0 Å². The van der Waals surface area contributed by atoms with E-state index in [9.17, 15) is 14.3 Å². The third-order valence-corrected chi connectivity index (χ3v) is 4.28. The molecule has 0 spiro atoms. The summed E-state index contributed by atoms with van der Waals surface area (Å²) < 4.78 is 13.8. The zero-order chi connectivity index (χ0) is 16.3. The molecule has 1 heterocycles. The monoisotopic (exact) mass is 308 g/mol. The van der Waals surface area contributed by atoms with Gasteiger partial charge in [0.15, 0.2) is 0 Å². The lowest BCUT2D eigenvalue weighted by Crippen LogP contribution is -2.47. The fourth-order valence-corrected chi connectivity index (χ4v) is 3.05. The molecule has 1 N–H and O–H groups in total. The molecular weight excluding hydrogens is 283 g/mol. The SMILES string of the molecule is Cc1ccc(F)c(C(=O)N2CCC(N(C)CC(C)O)CC2)c1. The number of carbonyl (C=O) groups is 1. The molecule has 1 aliphatic rings. The molecule has 4 nitrogen and oxygen atoms in total. The number of piperidine rings is 1.